The van der Waals surface area contributed by atoms with Crippen LogP contribution in [0.15, 0.2) is 6.07 Å². The maximum absolute atomic E-state index is 12.9. The first-order valence-electron chi connectivity index (χ1n) is 5.46. The van der Waals surface area contributed by atoms with Gasteiger partial charge in [0.05, 0.1) is 36.2 Å². The number of aromatic nitrogens is 1. The molecule has 1 aromatic heterocycles. The first-order chi connectivity index (χ1) is 9.03. The van der Waals surface area contributed by atoms with Crippen molar-refractivity contribution in [3.8, 4) is 6.07 Å². The summed E-state index contributed by atoms with van der Waals surface area (Å²) in [5.74, 6) is -0.769. The Morgan fingerprint density at radius 1 is 1.63 bits per heavy atom. The predicted molar refractivity (Wildman–Crippen MR) is 63.8 cm³/mol. The maximum Gasteiger partial charge on any atom is 0.310 e. The molecule has 0 aliphatic heterocycles. The van der Waals surface area contributed by atoms with E-state index in [0.717, 1.165) is 0 Å². The number of carbonyl (C=O) groups excluding carboxylic acids is 1. The van der Waals surface area contributed by atoms with Crippen molar-refractivity contribution in [2.75, 3.05) is 6.61 Å². The summed E-state index contributed by atoms with van der Waals surface area (Å²) in [4.78, 5) is 15.1. The highest BCUT2D eigenvalue weighted by molar-refractivity contribution is 6.16. The average molecular weight is 289 g/mol. The van der Waals surface area contributed by atoms with Gasteiger partial charge in [-0.1, -0.05) is 0 Å². The fourth-order valence-electron chi connectivity index (χ4n) is 1.54. The second-order valence-corrected chi connectivity index (χ2v) is 3.82. The van der Waals surface area contributed by atoms with E-state index < -0.39 is 24.5 Å². The molecule has 0 N–H and O–H groups in total. The Bertz CT molecular complexity index is 515. The lowest BCUT2D eigenvalue weighted by Crippen LogP contribution is -2.13. The molecule has 0 atom stereocenters. The van der Waals surface area contributed by atoms with E-state index in [4.69, 9.17) is 16.9 Å². The van der Waals surface area contributed by atoms with E-state index >= 15 is 0 Å². The Morgan fingerprint density at radius 2 is 2.32 bits per heavy atom. The van der Waals surface area contributed by atoms with Crippen LogP contribution in [0.3, 0.4) is 0 Å². The highest BCUT2D eigenvalue weighted by Gasteiger charge is 2.22. The van der Waals surface area contributed by atoms with Crippen molar-refractivity contribution in [3.63, 3.8) is 0 Å². The molecule has 7 heteroatoms. The summed E-state index contributed by atoms with van der Waals surface area (Å²) in [7, 11) is 0. The van der Waals surface area contributed by atoms with Crippen LogP contribution >= 0.6 is 11.6 Å². The normalized spacial score (nSPS) is 10.3. The largest absolute Gasteiger partial charge is 0.466 e. The molecule has 0 aromatic carbocycles. The number of hydrogen-bond acceptors (Lipinski definition) is 4. The predicted octanol–water partition coefficient (Wildman–Crippen LogP) is 2.74. The van der Waals surface area contributed by atoms with E-state index in [-0.39, 0.29) is 29.3 Å². The summed E-state index contributed by atoms with van der Waals surface area (Å²) in [5.41, 5.74) is -0.567. The smallest absolute Gasteiger partial charge is 0.310 e. The van der Waals surface area contributed by atoms with Crippen molar-refractivity contribution >= 4 is 17.6 Å². The summed E-state index contributed by atoms with van der Waals surface area (Å²) in [6.07, 6.45) is -3.30. The number of nitriles is 1. The molecule has 0 saturated carbocycles. The van der Waals surface area contributed by atoms with Crippen molar-refractivity contribution in [3.05, 3.63) is 28.6 Å². The van der Waals surface area contributed by atoms with Crippen LogP contribution in [0.5, 0.6) is 0 Å². The van der Waals surface area contributed by atoms with Crippen molar-refractivity contribution < 1.29 is 18.3 Å². The highest BCUT2D eigenvalue weighted by atomic mass is 35.5. The van der Waals surface area contributed by atoms with Gasteiger partial charge in [0.25, 0.3) is 6.43 Å². The number of esters is 1. The van der Waals surface area contributed by atoms with E-state index in [1.165, 1.54) is 6.07 Å². The van der Waals surface area contributed by atoms with Gasteiger partial charge in [0.1, 0.15) is 5.69 Å². The van der Waals surface area contributed by atoms with Gasteiger partial charge in [-0.2, -0.15) is 5.26 Å². The minimum Gasteiger partial charge on any atom is -0.466 e. The molecule has 19 heavy (non-hydrogen) atoms. The number of alkyl halides is 3. The lowest BCUT2D eigenvalue weighted by atomic mass is 10.0. The van der Waals surface area contributed by atoms with Crippen LogP contribution in [0.4, 0.5) is 8.78 Å². The maximum atomic E-state index is 12.9. The second kappa shape index (κ2) is 7.00. The molecule has 0 aliphatic rings. The molecule has 1 rings (SSSR count). The number of nitrogens with zero attached hydrogens (tertiary/aromatic N) is 2. The zero-order valence-corrected chi connectivity index (χ0v) is 10.9. The molecule has 4 nitrogen and oxygen atoms in total. The summed E-state index contributed by atoms with van der Waals surface area (Å²) in [6, 6.07) is 3.07. The van der Waals surface area contributed by atoms with Gasteiger partial charge in [0.2, 0.25) is 0 Å². The summed E-state index contributed by atoms with van der Waals surface area (Å²) < 4.78 is 30.5. The SMILES string of the molecule is CCOC(=O)Cc1c(C#N)cc(CCl)nc1C(F)F. The van der Waals surface area contributed by atoms with Crippen LogP contribution in [-0.2, 0) is 21.8 Å². The number of hydrogen-bond donors (Lipinski definition) is 0. The van der Waals surface area contributed by atoms with Gasteiger partial charge in [-0.25, -0.2) is 8.78 Å². The summed E-state index contributed by atoms with van der Waals surface area (Å²) in [5, 5.41) is 8.97. The molecule has 0 unspecified atom stereocenters. The van der Waals surface area contributed by atoms with E-state index in [9.17, 15) is 13.6 Å². The number of pyridine rings is 1. The monoisotopic (exact) mass is 288 g/mol. The molecule has 1 heterocycles. The van der Waals surface area contributed by atoms with Gasteiger partial charge in [-0.05, 0) is 13.0 Å². The molecule has 0 saturated heterocycles. The van der Waals surface area contributed by atoms with E-state index in [1.807, 2.05) is 0 Å². The second-order valence-electron chi connectivity index (χ2n) is 3.55. The fourth-order valence-corrected chi connectivity index (χ4v) is 1.67. The van der Waals surface area contributed by atoms with Crippen molar-refractivity contribution in [2.45, 2.75) is 25.7 Å². The van der Waals surface area contributed by atoms with Gasteiger partial charge in [0.15, 0.2) is 0 Å². The third-order valence-electron chi connectivity index (χ3n) is 2.30. The molecule has 0 bridgehead atoms. The molecule has 0 radical (unpaired) electrons. The molecule has 0 aliphatic carbocycles. The van der Waals surface area contributed by atoms with Crippen molar-refractivity contribution in [1.29, 1.82) is 5.26 Å². The van der Waals surface area contributed by atoms with Crippen LogP contribution in [0, 0.1) is 11.3 Å². The molecule has 0 amide bonds. The zero-order valence-electron chi connectivity index (χ0n) is 10.1. The Balaban J connectivity index is 3.26. The van der Waals surface area contributed by atoms with Crippen LogP contribution < -0.4 is 0 Å². The van der Waals surface area contributed by atoms with E-state index in [1.54, 1.807) is 13.0 Å². The first-order valence-corrected chi connectivity index (χ1v) is 5.99. The van der Waals surface area contributed by atoms with Crippen LogP contribution in [0.25, 0.3) is 0 Å². The number of carbonyl (C=O) groups is 1. The highest BCUT2D eigenvalue weighted by Crippen LogP contribution is 2.25. The van der Waals surface area contributed by atoms with Gasteiger partial charge in [-0.3, -0.25) is 9.78 Å². The van der Waals surface area contributed by atoms with Crippen molar-refractivity contribution in [1.82, 2.24) is 4.98 Å². The standard InChI is InChI=1S/C12H11ClF2N2O2/c1-2-19-10(18)4-9-7(6-16)3-8(5-13)17-11(9)12(14)15/h3,12H,2,4-5H2,1H3. The Labute approximate surface area is 114 Å². The molecule has 0 spiro atoms. The number of ether oxygens (including phenoxy) is 1. The fraction of sp³-hybridized carbons (Fsp3) is 0.417. The Kier molecular flexibility index (Phi) is 5.64. The lowest BCUT2D eigenvalue weighted by Gasteiger charge is -2.11. The molecule has 1 aromatic rings. The van der Waals surface area contributed by atoms with Crippen molar-refractivity contribution in [2.24, 2.45) is 0 Å². The Morgan fingerprint density at radius 3 is 2.79 bits per heavy atom. The quantitative estimate of drug-likeness (QED) is 0.617. The third kappa shape index (κ3) is 3.86. The summed E-state index contributed by atoms with van der Waals surface area (Å²) in [6.45, 7) is 1.74. The van der Waals surface area contributed by atoms with Gasteiger partial charge in [-0.15, -0.1) is 11.6 Å². The van der Waals surface area contributed by atoms with E-state index in [0.29, 0.717) is 0 Å². The molecular formula is C12H11ClF2N2O2. The number of halogens is 3. The van der Waals surface area contributed by atoms with Gasteiger partial charge in [0, 0.05) is 5.56 Å². The Hall–Kier alpha value is -1.74. The third-order valence-corrected chi connectivity index (χ3v) is 2.57. The number of rotatable bonds is 5. The lowest BCUT2D eigenvalue weighted by molar-refractivity contribution is -0.142. The molecular weight excluding hydrogens is 278 g/mol. The van der Waals surface area contributed by atoms with Crippen LogP contribution in [0.1, 0.15) is 35.9 Å². The molecule has 102 valence electrons. The topological polar surface area (TPSA) is 63.0 Å². The van der Waals surface area contributed by atoms with E-state index in [2.05, 4.69) is 9.72 Å². The van der Waals surface area contributed by atoms with Crippen LogP contribution in [-0.4, -0.2) is 17.6 Å². The first kappa shape index (κ1) is 15.3. The van der Waals surface area contributed by atoms with Crippen LogP contribution in [0.2, 0.25) is 0 Å². The summed E-state index contributed by atoms with van der Waals surface area (Å²) >= 11 is 5.53. The average Bonchev–Trinajstić information content (AvgIpc) is 2.38. The minimum atomic E-state index is -2.89. The minimum absolute atomic E-state index is 0.0333. The molecule has 0 fully saturated rings. The van der Waals surface area contributed by atoms with Gasteiger partial charge >= 0.3 is 5.97 Å². The van der Waals surface area contributed by atoms with Gasteiger partial charge < -0.3 is 4.74 Å². The zero-order chi connectivity index (χ0) is 14.4.